The molecule has 0 spiro atoms. The summed E-state index contributed by atoms with van der Waals surface area (Å²) in [5, 5.41) is 1.96. The van der Waals surface area contributed by atoms with Crippen molar-refractivity contribution in [3.8, 4) is 5.75 Å². The molecule has 0 aliphatic carbocycles. The van der Waals surface area contributed by atoms with Gasteiger partial charge in [0.15, 0.2) is 6.29 Å². The molecule has 0 unspecified atom stereocenters. The van der Waals surface area contributed by atoms with Crippen molar-refractivity contribution in [2.24, 2.45) is 0 Å². The zero-order chi connectivity index (χ0) is 12.4. The summed E-state index contributed by atoms with van der Waals surface area (Å²) >= 11 is 0. The predicted octanol–water partition coefficient (Wildman–Crippen LogP) is 2.73. The zero-order valence-corrected chi connectivity index (χ0v) is 10.2. The van der Waals surface area contributed by atoms with Crippen LogP contribution in [0, 0.1) is 0 Å². The Morgan fingerprint density at radius 3 is 2.53 bits per heavy atom. The van der Waals surface area contributed by atoms with Gasteiger partial charge in [-0.2, -0.15) is 0 Å². The Morgan fingerprint density at radius 2 is 1.94 bits per heavy atom. The van der Waals surface area contributed by atoms with Gasteiger partial charge in [0, 0.05) is 19.8 Å². The zero-order valence-electron chi connectivity index (χ0n) is 10.2. The summed E-state index contributed by atoms with van der Waals surface area (Å²) in [5.74, 6) is 0.616. The average molecular weight is 229 g/mol. The lowest BCUT2D eigenvalue weighted by Gasteiger charge is -2.14. The highest BCUT2D eigenvalue weighted by molar-refractivity contribution is 6.01. The Hall–Kier alpha value is -2.03. The lowest BCUT2D eigenvalue weighted by Crippen LogP contribution is -2.08. The lowest BCUT2D eigenvalue weighted by atomic mass is 10.0. The molecule has 3 heteroatoms. The highest BCUT2D eigenvalue weighted by atomic mass is 16.5. The standard InChI is InChI=1S/C14H15NO2/c1-15(2)11-5-6-12-10(8-11)4-7-14(17-3)13(12)9-16/h4-9H,1-3H3. The van der Waals surface area contributed by atoms with Gasteiger partial charge in [0.25, 0.3) is 0 Å². The second kappa shape index (κ2) is 4.45. The molecule has 2 aromatic carbocycles. The first-order chi connectivity index (χ1) is 8.17. The van der Waals surface area contributed by atoms with E-state index in [1.165, 1.54) is 0 Å². The van der Waals surface area contributed by atoms with E-state index in [1.54, 1.807) is 7.11 Å². The number of ether oxygens (including phenoxy) is 1. The second-order valence-electron chi connectivity index (χ2n) is 4.10. The number of anilines is 1. The van der Waals surface area contributed by atoms with E-state index in [1.807, 2.05) is 43.3 Å². The van der Waals surface area contributed by atoms with E-state index < -0.39 is 0 Å². The first-order valence-corrected chi connectivity index (χ1v) is 5.40. The molecule has 0 aliphatic rings. The van der Waals surface area contributed by atoms with Gasteiger partial charge < -0.3 is 9.64 Å². The molecule has 0 N–H and O–H groups in total. The largest absolute Gasteiger partial charge is 0.496 e. The Labute approximate surface area is 101 Å². The minimum atomic E-state index is 0.607. The van der Waals surface area contributed by atoms with Crippen molar-refractivity contribution >= 4 is 22.7 Å². The van der Waals surface area contributed by atoms with E-state index in [0.717, 1.165) is 22.7 Å². The maximum atomic E-state index is 11.1. The summed E-state index contributed by atoms with van der Waals surface area (Å²) in [6, 6.07) is 9.80. The monoisotopic (exact) mass is 229 g/mol. The number of benzene rings is 2. The van der Waals surface area contributed by atoms with Gasteiger partial charge >= 0.3 is 0 Å². The van der Waals surface area contributed by atoms with E-state index in [4.69, 9.17) is 4.74 Å². The molecule has 88 valence electrons. The van der Waals surface area contributed by atoms with Crippen molar-refractivity contribution in [1.29, 1.82) is 0 Å². The molecule has 2 aromatic rings. The van der Waals surface area contributed by atoms with Crippen molar-refractivity contribution in [3.63, 3.8) is 0 Å². The van der Waals surface area contributed by atoms with Crippen LogP contribution >= 0.6 is 0 Å². The fourth-order valence-corrected chi connectivity index (χ4v) is 1.90. The summed E-state index contributed by atoms with van der Waals surface area (Å²) in [6.45, 7) is 0. The molecule has 0 saturated heterocycles. The maximum Gasteiger partial charge on any atom is 0.154 e. The van der Waals surface area contributed by atoms with Gasteiger partial charge in [0.2, 0.25) is 0 Å². The van der Waals surface area contributed by atoms with Crippen LogP contribution in [0.15, 0.2) is 30.3 Å². The molecular weight excluding hydrogens is 214 g/mol. The summed E-state index contributed by atoms with van der Waals surface area (Å²) in [6.07, 6.45) is 0.844. The number of nitrogens with zero attached hydrogens (tertiary/aromatic N) is 1. The van der Waals surface area contributed by atoms with E-state index in [-0.39, 0.29) is 0 Å². The molecule has 0 amide bonds. The Bertz CT molecular complexity index is 561. The molecule has 0 heterocycles. The third-order valence-corrected chi connectivity index (χ3v) is 2.86. The summed E-state index contributed by atoms with van der Waals surface area (Å²) in [5.41, 5.74) is 1.72. The quantitative estimate of drug-likeness (QED) is 0.758. The first kappa shape index (κ1) is 11.5. The lowest BCUT2D eigenvalue weighted by molar-refractivity contribution is 0.112. The topological polar surface area (TPSA) is 29.5 Å². The highest BCUT2D eigenvalue weighted by Crippen LogP contribution is 2.29. The number of carbonyl (C=O) groups excluding carboxylic acids is 1. The summed E-state index contributed by atoms with van der Waals surface area (Å²) in [7, 11) is 5.55. The molecule has 0 fully saturated rings. The van der Waals surface area contributed by atoms with Crippen LogP contribution in [-0.2, 0) is 0 Å². The van der Waals surface area contributed by atoms with Crippen molar-refractivity contribution in [2.45, 2.75) is 0 Å². The SMILES string of the molecule is COc1ccc2cc(N(C)C)ccc2c1C=O. The number of rotatable bonds is 3. The van der Waals surface area contributed by atoms with Gasteiger partial charge in [-0.3, -0.25) is 4.79 Å². The van der Waals surface area contributed by atoms with Crippen molar-refractivity contribution in [2.75, 3.05) is 26.1 Å². The molecule has 3 nitrogen and oxygen atoms in total. The van der Waals surface area contributed by atoms with Gasteiger partial charge in [-0.15, -0.1) is 0 Å². The number of methoxy groups -OCH3 is 1. The predicted molar refractivity (Wildman–Crippen MR) is 70.2 cm³/mol. The van der Waals surface area contributed by atoms with E-state index >= 15 is 0 Å². The fraction of sp³-hybridized carbons (Fsp3) is 0.214. The molecular formula is C14H15NO2. The molecule has 0 radical (unpaired) electrons. The molecule has 17 heavy (non-hydrogen) atoms. The van der Waals surface area contributed by atoms with E-state index in [0.29, 0.717) is 11.3 Å². The van der Waals surface area contributed by atoms with Crippen LogP contribution in [0.1, 0.15) is 10.4 Å². The molecule has 0 saturated carbocycles. The fourth-order valence-electron chi connectivity index (χ4n) is 1.90. The Morgan fingerprint density at radius 1 is 1.18 bits per heavy atom. The molecule has 0 bridgehead atoms. The molecule has 2 rings (SSSR count). The van der Waals surface area contributed by atoms with E-state index in [9.17, 15) is 4.79 Å². The average Bonchev–Trinajstić information content (AvgIpc) is 2.36. The number of fused-ring (bicyclic) bond motifs is 1. The third-order valence-electron chi connectivity index (χ3n) is 2.86. The number of hydrogen-bond acceptors (Lipinski definition) is 3. The van der Waals surface area contributed by atoms with E-state index in [2.05, 4.69) is 6.07 Å². The highest BCUT2D eigenvalue weighted by Gasteiger charge is 2.08. The Balaban J connectivity index is 2.71. The van der Waals surface area contributed by atoms with Crippen LogP contribution in [0.2, 0.25) is 0 Å². The molecule has 0 atom stereocenters. The minimum absolute atomic E-state index is 0.607. The van der Waals surface area contributed by atoms with Gasteiger partial charge in [-0.25, -0.2) is 0 Å². The van der Waals surface area contributed by atoms with Crippen LogP contribution in [0.5, 0.6) is 5.75 Å². The summed E-state index contributed by atoms with van der Waals surface area (Å²) in [4.78, 5) is 13.2. The maximum absolute atomic E-state index is 11.1. The van der Waals surface area contributed by atoms with Gasteiger partial charge in [0.1, 0.15) is 5.75 Å². The van der Waals surface area contributed by atoms with Crippen molar-refractivity contribution in [1.82, 2.24) is 0 Å². The van der Waals surface area contributed by atoms with Crippen molar-refractivity contribution in [3.05, 3.63) is 35.9 Å². The van der Waals surface area contributed by atoms with Crippen LogP contribution in [0.4, 0.5) is 5.69 Å². The van der Waals surface area contributed by atoms with Crippen LogP contribution in [0.25, 0.3) is 10.8 Å². The smallest absolute Gasteiger partial charge is 0.154 e. The van der Waals surface area contributed by atoms with Gasteiger partial charge in [0.05, 0.1) is 12.7 Å². The van der Waals surface area contributed by atoms with Crippen molar-refractivity contribution < 1.29 is 9.53 Å². The number of hydrogen-bond donors (Lipinski definition) is 0. The second-order valence-corrected chi connectivity index (χ2v) is 4.10. The number of carbonyl (C=O) groups is 1. The number of aldehydes is 1. The van der Waals surface area contributed by atoms with Crippen LogP contribution in [0.3, 0.4) is 0 Å². The van der Waals surface area contributed by atoms with Gasteiger partial charge in [-0.1, -0.05) is 12.1 Å². The molecule has 0 aromatic heterocycles. The van der Waals surface area contributed by atoms with Crippen LogP contribution < -0.4 is 9.64 Å². The Kier molecular flexibility index (Phi) is 3.00. The normalized spacial score (nSPS) is 10.3. The molecule has 0 aliphatic heterocycles. The minimum Gasteiger partial charge on any atom is -0.496 e. The van der Waals surface area contributed by atoms with Crippen LogP contribution in [-0.4, -0.2) is 27.5 Å². The van der Waals surface area contributed by atoms with Gasteiger partial charge in [-0.05, 0) is 29.0 Å². The third kappa shape index (κ3) is 1.96. The summed E-state index contributed by atoms with van der Waals surface area (Å²) < 4.78 is 5.18. The first-order valence-electron chi connectivity index (χ1n) is 5.40.